The average molecular weight is 391 g/mol. The van der Waals surface area contributed by atoms with Gasteiger partial charge in [-0.1, -0.05) is 53.6 Å². The number of fused-ring (bicyclic) bond motifs is 1. The molecular weight excluding hydrogens is 372 g/mol. The second-order valence-electron chi connectivity index (χ2n) is 6.83. The van der Waals surface area contributed by atoms with Gasteiger partial charge in [0.15, 0.2) is 0 Å². The number of ether oxygens (including phenoxy) is 1. The summed E-state index contributed by atoms with van der Waals surface area (Å²) < 4.78 is 11.5. The standard InChI is InChI=1S/C24H19ClO3/c1-15-3-5-17(6-4-15)14-27-20-11-12-22-21(13-20)16(2)23(24(26)28-22)18-7-9-19(25)10-8-18/h3-13H,14H2,1-2H3. The maximum Gasteiger partial charge on any atom is 0.344 e. The SMILES string of the molecule is Cc1ccc(COc2ccc3oc(=O)c(-c4ccc(Cl)cc4)c(C)c3c2)cc1. The molecule has 0 saturated carbocycles. The minimum atomic E-state index is -0.361. The lowest BCUT2D eigenvalue weighted by atomic mass is 9.99. The van der Waals surface area contributed by atoms with Crippen LogP contribution in [0.2, 0.25) is 5.02 Å². The fraction of sp³-hybridized carbons (Fsp3) is 0.125. The number of halogens is 1. The fourth-order valence-electron chi connectivity index (χ4n) is 3.22. The first-order valence-electron chi connectivity index (χ1n) is 9.03. The second kappa shape index (κ2) is 7.53. The quantitative estimate of drug-likeness (QED) is 0.383. The van der Waals surface area contributed by atoms with Crippen LogP contribution in [0.1, 0.15) is 16.7 Å². The molecule has 0 saturated heterocycles. The van der Waals surface area contributed by atoms with Gasteiger partial charge in [-0.15, -0.1) is 0 Å². The van der Waals surface area contributed by atoms with E-state index in [0.717, 1.165) is 27.8 Å². The monoisotopic (exact) mass is 390 g/mol. The minimum absolute atomic E-state index is 0.361. The van der Waals surface area contributed by atoms with Gasteiger partial charge in [0.05, 0.1) is 5.56 Å². The molecule has 4 rings (SSSR count). The highest BCUT2D eigenvalue weighted by atomic mass is 35.5. The first kappa shape index (κ1) is 18.3. The smallest absolute Gasteiger partial charge is 0.344 e. The molecule has 1 aromatic heterocycles. The zero-order valence-corrected chi connectivity index (χ0v) is 16.4. The van der Waals surface area contributed by atoms with E-state index < -0.39 is 0 Å². The summed E-state index contributed by atoms with van der Waals surface area (Å²) in [5.41, 5.74) is 4.68. The average Bonchev–Trinajstić information content (AvgIpc) is 2.69. The summed E-state index contributed by atoms with van der Waals surface area (Å²) >= 11 is 5.97. The maximum absolute atomic E-state index is 12.5. The Labute approximate surface area is 168 Å². The molecule has 0 aliphatic heterocycles. The molecule has 0 fully saturated rings. The van der Waals surface area contributed by atoms with Crippen LogP contribution in [-0.4, -0.2) is 0 Å². The van der Waals surface area contributed by atoms with Crippen molar-refractivity contribution < 1.29 is 9.15 Å². The van der Waals surface area contributed by atoms with E-state index in [-0.39, 0.29) is 5.63 Å². The third-order valence-corrected chi connectivity index (χ3v) is 5.05. The Morgan fingerprint density at radius 1 is 0.929 bits per heavy atom. The zero-order chi connectivity index (χ0) is 19.7. The summed E-state index contributed by atoms with van der Waals surface area (Å²) in [6.45, 7) is 4.46. The van der Waals surface area contributed by atoms with Gasteiger partial charge in [0, 0.05) is 10.4 Å². The summed E-state index contributed by atoms with van der Waals surface area (Å²) in [4.78, 5) is 12.5. The lowest BCUT2D eigenvalue weighted by Gasteiger charge is -2.11. The van der Waals surface area contributed by atoms with E-state index in [1.165, 1.54) is 5.56 Å². The van der Waals surface area contributed by atoms with Crippen molar-refractivity contribution in [1.82, 2.24) is 0 Å². The molecule has 3 aromatic carbocycles. The highest BCUT2D eigenvalue weighted by Gasteiger charge is 2.14. The molecule has 3 nitrogen and oxygen atoms in total. The van der Waals surface area contributed by atoms with Gasteiger partial charge >= 0.3 is 5.63 Å². The molecule has 0 radical (unpaired) electrons. The predicted octanol–water partition coefficient (Wildman–Crippen LogP) is 6.31. The summed E-state index contributed by atoms with van der Waals surface area (Å²) in [6, 6.07) is 20.9. The molecule has 0 aliphatic carbocycles. The van der Waals surface area contributed by atoms with Crippen LogP contribution < -0.4 is 10.4 Å². The van der Waals surface area contributed by atoms with Gasteiger partial charge in [0.1, 0.15) is 17.9 Å². The Hall–Kier alpha value is -3.04. The Kier molecular flexibility index (Phi) is 4.93. The van der Waals surface area contributed by atoms with Crippen LogP contribution in [0.5, 0.6) is 5.75 Å². The largest absolute Gasteiger partial charge is 0.489 e. The van der Waals surface area contributed by atoms with Crippen molar-refractivity contribution in [3.8, 4) is 16.9 Å². The van der Waals surface area contributed by atoms with E-state index in [1.54, 1.807) is 18.2 Å². The van der Waals surface area contributed by atoms with Crippen LogP contribution >= 0.6 is 11.6 Å². The second-order valence-corrected chi connectivity index (χ2v) is 7.27. The summed E-state index contributed by atoms with van der Waals surface area (Å²) in [5, 5.41) is 1.48. The van der Waals surface area contributed by atoms with Crippen molar-refractivity contribution in [3.63, 3.8) is 0 Å². The number of rotatable bonds is 4. The predicted molar refractivity (Wildman–Crippen MR) is 113 cm³/mol. The van der Waals surface area contributed by atoms with E-state index in [1.807, 2.05) is 31.2 Å². The summed E-state index contributed by atoms with van der Waals surface area (Å²) in [5.74, 6) is 0.729. The highest BCUT2D eigenvalue weighted by Crippen LogP contribution is 2.30. The fourth-order valence-corrected chi connectivity index (χ4v) is 3.35. The molecule has 1 heterocycles. The molecule has 0 atom stereocenters. The van der Waals surface area contributed by atoms with Crippen molar-refractivity contribution in [3.05, 3.63) is 98.9 Å². The molecular formula is C24H19ClO3. The number of hydrogen-bond donors (Lipinski definition) is 0. The topological polar surface area (TPSA) is 39.4 Å². The van der Waals surface area contributed by atoms with E-state index in [9.17, 15) is 4.79 Å². The Bertz CT molecular complexity index is 1190. The van der Waals surface area contributed by atoms with Crippen LogP contribution in [-0.2, 0) is 6.61 Å². The molecule has 28 heavy (non-hydrogen) atoms. The number of benzene rings is 3. The van der Waals surface area contributed by atoms with Crippen molar-refractivity contribution in [2.24, 2.45) is 0 Å². The Morgan fingerprint density at radius 3 is 2.36 bits per heavy atom. The molecule has 0 spiro atoms. The third kappa shape index (κ3) is 3.67. The van der Waals surface area contributed by atoms with E-state index in [0.29, 0.717) is 22.8 Å². The van der Waals surface area contributed by atoms with Gasteiger partial charge in [-0.05, 0) is 60.9 Å². The van der Waals surface area contributed by atoms with Gasteiger partial charge < -0.3 is 9.15 Å². The van der Waals surface area contributed by atoms with Crippen LogP contribution in [0, 0.1) is 13.8 Å². The molecule has 4 aromatic rings. The first-order chi connectivity index (χ1) is 13.5. The molecule has 0 amide bonds. The lowest BCUT2D eigenvalue weighted by molar-refractivity contribution is 0.306. The van der Waals surface area contributed by atoms with E-state index >= 15 is 0 Å². The van der Waals surface area contributed by atoms with Crippen LogP contribution in [0.3, 0.4) is 0 Å². The van der Waals surface area contributed by atoms with E-state index in [2.05, 4.69) is 31.2 Å². The van der Waals surface area contributed by atoms with Gasteiger partial charge in [0.25, 0.3) is 0 Å². The first-order valence-corrected chi connectivity index (χ1v) is 9.41. The summed E-state index contributed by atoms with van der Waals surface area (Å²) in [7, 11) is 0. The lowest BCUT2D eigenvalue weighted by Crippen LogP contribution is -2.06. The number of aryl methyl sites for hydroxylation is 2. The van der Waals surface area contributed by atoms with Gasteiger partial charge in [-0.2, -0.15) is 0 Å². The molecule has 0 bridgehead atoms. The highest BCUT2D eigenvalue weighted by molar-refractivity contribution is 6.30. The van der Waals surface area contributed by atoms with Crippen molar-refractivity contribution >= 4 is 22.6 Å². The summed E-state index contributed by atoms with van der Waals surface area (Å²) in [6.07, 6.45) is 0. The number of hydrogen-bond acceptors (Lipinski definition) is 3. The Balaban J connectivity index is 1.70. The van der Waals surface area contributed by atoms with Gasteiger partial charge in [-0.25, -0.2) is 4.79 Å². The van der Waals surface area contributed by atoms with Crippen LogP contribution in [0.4, 0.5) is 0 Å². The van der Waals surface area contributed by atoms with Crippen LogP contribution in [0.15, 0.2) is 75.9 Å². The normalized spacial score (nSPS) is 11.0. The molecule has 0 N–H and O–H groups in total. The van der Waals surface area contributed by atoms with Gasteiger partial charge in [0.2, 0.25) is 0 Å². The van der Waals surface area contributed by atoms with Gasteiger partial charge in [-0.3, -0.25) is 0 Å². The van der Waals surface area contributed by atoms with Crippen LogP contribution in [0.25, 0.3) is 22.1 Å². The van der Waals surface area contributed by atoms with Crippen molar-refractivity contribution in [2.45, 2.75) is 20.5 Å². The molecule has 4 heteroatoms. The van der Waals surface area contributed by atoms with Crippen molar-refractivity contribution in [1.29, 1.82) is 0 Å². The van der Waals surface area contributed by atoms with Crippen molar-refractivity contribution in [2.75, 3.05) is 0 Å². The third-order valence-electron chi connectivity index (χ3n) is 4.80. The Morgan fingerprint density at radius 2 is 1.64 bits per heavy atom. The molecule has 140 valence electrons. The minimum Gasteiger partial charge on any atom is -0.489 e. The molecule has 0 aliphatic rings. The zero-order valence-electron chi connectivity index (χ0n) is 15.7. The molecule has 0 unspecified atom stereocenters. The van der Waals surface area contributed by atoms with E-state index in [4.69, 9.17) is 20.8 Å². The maximum atomic E-state index is 12.5.